The van der Waals surface area contributed by atoms with Crippen LogP contribution in [0.2, 0.25) is 0 Å². The first-order valence-corrected chi connectivity index (χ1v) is 7.70. The SMILES string of the molecule is CCC(C)N(CCOC)CC(NC)c1cccc(OC)c1. The van der Waals surface area contributed by atoms with Crippen molar-refractivity contribution in [2.24, 2.45) is 0 Å². The van der Waals surface area contributed by atoms with E-state index in [9.17, 15) is 0 Å². The summed E-state index contributed by atoms with van der Waals surface area (Å²) in [7, 11) is 5.47. The minimum atomic E-state index is 0.283. The second-order valence-electron chi connectivity index (χ2n) is 5.36. The van der Waals surface area contributed by atoms with Crippen LogP contribution in [0.3, 0.4) is 0 Å². The summed E-state index contributed by atoms with van der Waals surface area (Å²) in [5.74, 6) is 0.903. The number of likely N-dealkylation sites (N-methyl/N-ethyl adjacent to an activating group) is 1. The molecule has 21 heavy (non-hydrogen) atoms. The Morgan fingerprint density at radius 3 is 2.62 bits per heavy atom. The minimum Gasteiger partial charge on any atom is -0.497 e. The fourth-order valence-electron chi connectivity index (χ4n) is 2.41. The van der Waals surface area contributed by atoms with Crippen LogP contribution in [0.4, 0.5) is 0 Å². The number of hydrogen-bond acceptors (Lipinski definition) is 4. The summed E-state index contributed by atoms with van der Waals surface area (Å²) in [6.07, 6.45) is 1.14. The molecule has 1 aromatic carbocycles. The van der Waals surface area contributed by atoms with Gasteiger partial charge in [0.25, 0.3) is 0 Å². The Morgan fingerprint density at radius 1 is 1.29 bits per heavy atom. The predicted octanol–water partition coefficient (Wildman–Crippen LogP) is 2.70. The highest BCUT2D eigenvalue weighted by Crippen LogP contribution is 2.21. The molecule has 2 atom stereocenters. The summed E-state index contributed by atoms with van der Waals surface area (Å²) in [4.78, 5) is 2.48. The zero-order valence-electron chi connectivity index (χ0n) is 14.1. The molecule has 0 amide bonds. The van der Waals surface area contributed by atoms with Crippen molar-refractivity contribution in [1.29, 1.82) is 0 Å². The largest absolute Gasteiger partial charge is 0.497 e. The van der Waals surface area contributed by atoms with Crippen LogP contribution in [-0.2, 0) is 4.74 Å². The third-order valence-corrected chi connectivity index (χ3v) is 4.06. The van der Waals surface area contributed by atoms with Crippen molar-refractivity contribution in [3.05, 3.63) is 29.8 Å². The van der Waals surface area contributed by atoms with Gasteiger partial charge in [0.1, 0.15) is 5.75 Å². The smallest absolute Gasteiger partial charge is 0.119 e. The third-order valence-electron chi connectivity index (χ3n) is 4.06. The summed E-state index contributed by atoms with van der Waals surface area (Å²) in [6.45, 7) is 7.17. The normalized spacial score (nSPS) is 14.2. The summed E-state index contributed by atoms with van der Waals surface area (Å²) in [6, 6.07) is 9.10. The first kappa shape index (κ1) is 18.0. The Balaban J connectivity index is 2.80. The maximum atomic E-state index is 5.33. The van der Waals surface area contributed by atoms with Gasteiger partial charge in [-0.25, -0.2) is 0 Å². The molecular weight excluding hydrogens is 264 g/mol. The summed E-state index contributed by atoms with van der Waals surface area (Å²) in [5, 5.41) is 3.42. The van der Waals surface area contributed by atoms with Crippen molar-refractivity contribution < 1.29 is 9.47 Å². The van der Waals surface area contributed by atoms with Gasteiger partial charge in [-0.1, -0.05) is 19.1 Å². The first-order valence-electron chi connectivity index (χ1n) is 7.70. The van der Waals surface area contributed by atoms with Crippen LogP contribution in [0.1, 0.15) is 31.9 Å². The number of nitrogens with zero attached hydrogens (tertiary/aromatic N) is 1. The standard InChI is InChI=1S/C17H30N2O2/c1-6-14(2)19(10-11-20-4)13-17(18-3)15-8-7-9-16(12-15)21-5/h7-9,12,14,17-18H,6,10-11,13H2,1-5H3. The van der Waals surface area contributed by atoms with Crippen LogP contribution in [0, 0.1) is 0 Å². The Morgan fingerprint density at radius 2 is 2.05 bits per heavy atom. The zero-order valence-corrected chi connectivity index (χ0v) is 14.1. The molecule has 1 rings (SSSR count). The zero-order chi connectivity index (χ0) is 15.7. The van der Waals surface area contributed by atoms with Gasteiger partial charge in [-0.2, -0.15) is 0 Å². The monoisotopic (exact) mass is 294 g/mol. The molecule has 0 bridgehead atoms. The maximum Gasteiger partial charge on any atom is 0.119 e. The van der Waals surface area contributed by atoms with E-state index in [0.29, 0.717) is 6.04 Å². The van der Waals surface area contributed by atoms with E-state index in [1.807, 2.05) is 19.2 Å². The van der Waals surface area contributed by atoms with Crippen LogP contribution in [0.5, 0.6) is 5.75 Å². The van der Waals surface area contributed by atoms with E-state index in [1.54, 1.807) is 14.2 Å². The van der Waals surface area contributed by atoms with Crippen LogP contribution >= 0.6 is 0 Å². The minimum absolute atomic E-state index is 0.283. The fourth-order valence-corrected chi connectivity index (χ4v) is 2.41. The highest BCUT2D eigenvalue weighted by Gasteiger charge is 2.18. The number of benzene rings is 1. The molecule has 0 fully saturated rings. The molecule has 0 saturated heterocycles. The quantitative estimate of drug-likeness (QED) is 0.719. The van der Waals surface area contributed by atoms with Crippen molar-refractivity contribution in [2.75, 3.05) is 41.0 Å². The second-order valence-corrected chi connectivity index (χ2v) is 5.36. The molecule has 0 aromatic heterocycles. The van der Waals surface area contributed by atoms with E-state index >= 15 is 0 Å². The fraction of sp³-hybridized carbons (Fsp3) is 0.647. The lowest BCUT2D eigenvalue weighted by Crippen LogP contribution is -2.41. The van der Waals surface area contributed by atoms with Gasteiger partial charge in [-0.15, -0.1) is 0 Å². The Kier molecular flexibility index (Phi) is 8.35. The molecule has 0 radical (unpaired) electrons. The van der Waals surface area contributed by atoms with Crippen molar-refractivity contribution in [1.82, 2.24) is 10.2 Å². The lowest BCUT2D eigenvalue weighted by atomic mass is 10.0. The lowest BCUT2D eigenvalue weighted by Gasteiger charge is -2.32. The van der Waals surface area contributed by atoms with Crippen LogP contribution < -0.4 is 10.1 Å². The Bertz CT molecular complexity index is 398. The summed E-state index contributed by atoms with van der Waals surface area (Å²) >= 11 is 0. The highest BCUT2D eigenvalue weighted by atomic mass is 16.5. The number of nitrogens with one attached hydrogen (secondary N) is 1. The molecule has 0 aliphatic carbocycles. The number of rotatable bonds is 10. The molecule has 4 heteroatoms. The van der Waals surface area contributed by atoms with E-state index < -0.39 is 0 Å². The van der Waals surface area contributed by atoms with E-state index in [0.717, 1.165) is 31.9 Å². The van der Waals surface area contributed by atoms with Crippen LogP contribution in [0.25, 0.3) is 0 Å². The molecule has 120 valence electrons. The van der Waals surface area contributed by atoms with E-state index in [-0.39, 0.29) is 6.04 Å². The topological polar surface area (TPSA) is 33.7 Å². The van der Waals surface area contributed by atoms with Gasteiger partial charge < -0.3 is 14.8 Å². The van der Waals surface area contributed by atoms with Crippen molar-refractivity contribution >= 4 is 0 Å². The molecule has 0 aliphatic rings. The molecule has 2 unspecified atom stereocenters. The second kappa shape index (κ2) is 9.77. The average Bonchev–Trinajstić information content (AvgIpc) is 2.54. The molecule has 1 aromatic rings. The Labute approximate surface area is 129 Å². The van der Waals surface area contributed by atoms with Crippen molar-refractivity contribution in [2.45, 2.75) is 32.4 Å². The van der Waals surface area contributed by atoms with E-state index in [1.165, 1.54) is 5.56 Å². The summed E-state index contributed by atoms with van der Waals surface area (Å²) < 4.78 is 10.6. The third kappa shape index (κ3) is 5.65. The molecular formula is C17H30N2O2. The van der Waals surface area contributed by atoms with E-state index in [2.05, 4.69) is 36.2 Å². The van der Waals surface area contributed by atoms with Gasteiger partial charge in [0.2, 0.25) is 0 Å². The molecule has 4 nitrogen and oxygen atoms in total. The van der Waals surface area contributed by atoms with Gasteiger partial charge in [-0.3, -0.25) is 4.90 Å². The van der Waals surface area contributed by atoms with Gasteiger partial charge in [0.15, 0.2) is 0 Å². The summed E-state index contributed by atoms with van der Waals surface area (Å²) in [5.41, 5.74) is 1.25. The van der Waals surface area contributed by atoms with Crippen molar-refractivity contribution in [3.8, 4) is 5.75 Å². The van der Waals surface area contributed by atoms with Crippen molar-refractivity contribution in [3.63, 3.8) is 0 Å². The molecule has 0 aliphatic heterocycles. The van der Waals surface area contributed by atoms with Gasteiger partial charge in [0, 0.05) is 32.3 Å². The number of hydrogen-bond donors (Lipinski definition) is 1. The lowest BCUT2D eigenvalue weighted by molar-refractivity contribution is 0.115. The number of methoxy groups -OCH3 is 2. The molecule has 0 saturated carbocycles. The van der Waals surface area contributed by atoms with E-state index in [4.69, 9.17) is 9.47 Å². The van der Waals surface area contributed by atoms with Crippen LogP contribution in [-0.4, -0.2) is 51.9 Å². The van der Waals surface area contributed by atoms with Gasteiger partial charge in [-0.05, 0) is 38.1 Å². The molecule has 1 N–H and O–H groups in total. The average molecular weight is 294 g/mol. The molecule has 0 heterocycles. The number of ether oxygens (including phenoxy) is 2. The molecule has 0 spiro atoms. The highest BCUT2D eigenvalue weighted by molar-refractivity contribution is 5.30. The van der Waals surface area contributed by atoms with Gasteiger partial charge >= 0.3 is 0 Å². The van der Waals surface area contributed by atoms with Gasteiger partial charge in [0.05, 0.1) is 13.7 Å². The maximum absolute atomic E-state index is 5.33. The van der Waals surface area contributed by atoms with Crippen LogP contribution in [0.15, 0.2) is 24.3 Å². The predicted molar refractivity (Wildman–Crippen MR) is 88.0 cm³/mol. The first-order chi connectivity index (χ1) is 10.2. The Hall–Kier alpha value is -1.10.